The van der Waals surface area contributed by atoms with E-state index in [0.29, 0.717) is 5.92 Å². The number of nitrogens with zero attached hydrogens (tertiary/aromatic N) is 2. The molecule has 0 fully saturated rings. The molecule has 0 N–H and O–H groups in total. The molecule has 2 aliphatic rings. The predicted molar refractivity (Wildman–Crippen MR) is 195 cm³/mol. The minimum Gasteiger partial charge on any atom is -0.252 e. The van der Waals surface area contributed by atoms with Gasteiger partial charge in [0, 0.05) is 28.1 Å². The second-order valence-electron chi connectivity index (χ2n) is 12.4. The molecule has 6 aromatic carbocycles. The largest absolute Gasteiger partial charge is 0.252 e. The van der Waals surface area contributed by atoms with Gasteiger partial charge in [0.15, 0.2) is 0 Å². The minimum absolute atomic E-state index is 0.399. The zero-order valence-corrected chi connectivity index (χ0v) is 25.5. The third-order valence-electron chi connectivity index (χ3n) is 9.71. The van der Waals surface area contributed by atoms with E-state index in [4.69, 9.17) is 9.98 Å². The molecule has 2 heterocycles. The van der Waals surface area contributed by atoms with Crippen molar-refractivity contribution in [1.82, 2.24) is 4.98 Å². The third-order valence-corrected chi connectivity index (χ3v) is 9.71. The van der Waals surface area contributed by atoms with E-state index in [-0.39, 0.29) is 0 Å². The van der Waals surface area contributed by atoms with E-state index < -0.39 is 0 Å². The van der Waals surface area contributed by atoms with E-state index in [9.17, 15) is 0 Å². The predicted octanol–water partition coefficient (Wildman–Crippen LogP) is 11.7. The van der Waals surface area contributed by atoms with E-state index in [1.165, 1.54) is 55.1 Å². The van der Waals surface area contributed by atoms with Crippen LogP contribution in [0.2, 0.25) is 0 Å². The topological polar surface area (TPSA) is 25.2 Å². The van der Waals surface area contributed by atoms with E-state index >= 15 is 0 Å². The molecule has 0 spiro atoms. The van der Waals surface area contributed by atoms with Crippen LogP contribution in [-0.2, 0) is 6.42 Å². The van der Waals surface area contributed by atoms with Crippen LogP contribution in [0.1, 0.15) is 18.4 Å². The number of hydrogen-bond acceptors (Lipinski definition) is 2. The van der Waals surface area contributed by atoms with Gasteiger partial charge in [-0.3, -0.25) is 4.99 Å². The fourth-order valence-corrected chi connectivity index (χ4v) is 7.56. The summed E-state index contributed by atoms with van der Waals surface area (Å²) in [5.74, 6) is 0.399. The monoisotopic (exact) mass is 588 g/mol. The summed E-state index contributed by atoms with van der Waals surface area (Å²) < 4.78 is 0. The molecule has 1 aromatic heterocycles. The van der Waals surface area contributed by atoms with Crippen molar-refractivity contribution in [3.8, 4) is 33.5 Å². The lowest BCUT2D eigenvalue weighted by molar-refractivity contribution is 0.624. The van der Waals surface area contributed by atoms with Crippen molar-refractivity contribution in [2.75, 3.05) is 0 Å². The first-order chi connectivity index (χ1) is 22.8. The average molecular weight is 589 g/mol. The van der Waals surface area contributed by atoms with Gasteiger partial charge in [-0.1, -0.05) is 140 Å². The van der Waals surface area contributed by atoms with Gasteiger partial charge in [0.1, 0.15) is 0 Å². The van der Waals surface area contributed by atoms with E-state index in [2.05, 4.69) is 152 Å². The van der Waals surface area contributed by atoms with Crippen molar-refractivity contribution in [2.24, 2.45) is 10.9 Å². The second kappa shape index (κ2) is 11.1. The molecule has 1 unspecified atom stereocenters. The van der Waals surface area contributed by atoms with Crippen LogP contribution in [0.4, 0.5) is 5.69 Å². The van der Waals surface area contributed by atoms with Crippen LogP contribution in [0, 0.1) is 5.92 Å². The molecule has 0 amide bonds. The van der Waals surface area contributed by atoms with Crippen LogP contribution in [-0.4, -0.2) is 10.7 Å². The Hall–Kier alpha value is -5.60. The minimum atomic E-state index is 0.399. The summed E-state index contributed by atoms with van der Waals surface area (Å²) in [4.78, 5) is 10.6. The normalized spacial score (nSPS) is 15.7. The Balaban J connectivity index is 1.23. The zero-order valence-electron chi connectivity index (χ0n) is 25.5. The first-order valence-electron chi connectivity index (χ1n) is 16.3. The summed E-state index contributed by atoms with van der Waals surface area (Å²) in [6.45, 7) is 0. The maximum atomic E-state index is 5.31. The molecule has 0 saturated heterocycles. The quantitative estimate of drug-likeness (QED) is 0.189. The third kappa shape index (κ3) is 4.41. The fourth-order valence-electron chi connectivity index (χ4n) is 7.56. The van der Waals surface area contributed by atoms with Gasteiger partial charge in [-0.2, -0.15) is 0 Å². The number of aliphatic imine (C=N–C) groups is 1. The van der Waals surface area contributed by atoms with Crippen LogP contribution < -0.4 is 0 Å². The molecular formula is C44H32N2. The highest BCUT2D eigenvalue weighted by Gasteiger charge is 2.27. The Kier molecular flexibility index (Phi) is 6.45. The molecule has 2 heteroatoms. The molecule has 2 nitrogen and oxygen atoms in total. The lowest BCUT2D eigenvalue weighted by Crippen LogP contribution is -2.20. The first kappa shape index (κ1) is 26.8. The highest BCUT2D eigenvalue weighted by atomic mass is 14.8. The number of rotatable bonds is 3. The number of hydrogen-bond donors (Lipinski definition) is 0. The number of fused-ring (bicyclic) bond motifs is 6. The molecule has 1 aliphatic heterocycles. The number of pyridine rings is 1. The fraction of sp³-hybridized carbons (Fsp3) is 0.0909. The van der Waals surface area contributed by atoms with Gasteiger partial charge < -0.3 is 0 Å². The number of aromatic nitrogens is 1. The molecule has 46 heavy (non-hydrogen) atoms. The number of benzene rings is 6. The van der Waals surface area contributed by atoms with Crippen LogP contribution in [0.25, 0.3) is 66.0 Å². The molecular weight excluding hydrogens is 556 g/mol. The number of allylic oxidation sites excluding steroid dienone is 4. The Morgan fingerprint density at radius 3 is 1.76 bits per heavy atom. The van der Waals surface area contributed by atoms with Gasteiger partial charge in [-0.15, -0.1) is 0 Å². The summed E-state index contributed by atoms with van der Waals surface area (Å²) in [6, 6.07) is 46.0. The van der Waals surface area contributed by atoms with E-state index in [1.807, 2.05) is 0 Å². The van der Waals surface area contributed by atoms with Crippen molar-refractivity contribution in [3.63, 3.8) is 0 Å². The van der Waals surface area contributed by atoms with Gasteiger partial charge in [0.2, 0.25) is 0 Å². The molecule has 7 aromatic rings. The van der Waals surface area contributed by atoms with E-state index in [1.54, 1.807) is 0 Å². The lowest BCUT2D eigenvalue weighted by Gasteiger charge is -2.26. The highest BCUT2D eigenvalue weighted by molar-refractivity contribution is 6.21. The molecule has 1 aliphatic carbocycles. The van der Waals surface area contributed by atoms with Crippen molar-refractivity contribution in [3.05, 3.63) is 157 Å². The number of para-hydroxylation sites is 1. The Labute approximate surface area is 269 Å². The van der Waals surface area contributed by atoms with Gasteiger partial charge in [0.05, 0.1) is 16.9 Å². The van der Waals surface area contributed by atoms with E-state index in [0.717, 1.165) is 47.1 Å². The Morgan fingerprint density at radius 2 is 1.09 bits per heavy atom. The van der Waals surface area contributed by atoms with Gasteiger partial charge in [0.25, 0.3) is 0 Å². The summed E-state index contributed by atoms with van der Waals surface area (Å²) in [5, 5.41) is 6.21. The Morgan fingerprint density at radius 1 is 0.522 bits per heavy atom. The summed E-state index contributed by atoms with van der Waals surface area (Å²) in [7, 11) is 0. The van der Waals surface area contributed by atoms with Crippen LogP contribution in [0.5, 0.6) is 0 Å². The van der Waals surface area contributed by atoms with Crippen LogP contribution >= 0.6 is 0 Å². The maximum Gasteiger partial charge on any atom is 0.0781 e. The van der Waals surface area contributed by atoms with Crippen LogP contribution in [0.3, 0.4) is 0 Å². The lowest BCUT2D eigenvalue weighted by atomic mass is 9.83. The van der Waals surface area contributed by atoms with Crippen molar-refractivity contribution >= 4 is 43.8 Å². The highest BCUT2D eigenvalue weighted by Crippen LogP contribution is 2.45. The smallest absolute Gasteiger partial charge is 0.0781 e. The standard InChI is InChI=1S/C44H32N2/c1-2-7-22-39-32(16-4-1)28-38-43(46-40-23-13-12-21-37(40)44(38)45-39)31-26-24-30(25-27-31)42-35-19-10-8-17-33(35)41(29-14-5-3-6-15-29)34-18-9-11-20-36(34)42/h1-3,5-15,17-27,32H,4,16,28H2. The van der Waals surface area contributed by atoms with Gasteiger partial charge in [-0.25, -0.2) is 4.98 Å². The molecule has 1 atom stereocenters. The Bertz CT molecular complexity index is 2320. The molecule has 0 radical (unpaired) electrons. The van der Waals surface area contributed by atoms with Crippen molar-refractivity contribution in [1.29, 1.82) is 0 Å². The van der Waals surface area contributed by atoms with Crippen molar-refractivity contribution in [2.45, 2.75) is 19.3 Å². The summed E-state index contributed by atoms with van der Waals surface area (Å²) in [5.41, 5.74) is 11.7. The summed E-state index contributed by atoms with van der Waals surface area (Å²) in [6.07, 6.45) is 11.9. The zero-order chi connectivity index (χ0) is 30.5. The maximum absolute atomic E-state index is 5.31. The SMILES string of the molecule is C1=CCCC2Cc3c(-c4ccc(-c5c6ccccc6c(-c6ccccc6)c6ccccc56)cc4)nc4ccccc4c3N=C2C=C1. The molecule has 218 valence electrons. The molecule has 0 bridgehead atoms. The van der Waals surface area contributed by atoms with Gasteiger partial charge >= 0.3 is 0 Å². The summed E-state index contributed by atoms with van der Waals surface area (Å²) >= 11 is 0. The second-order valence-corrected chi connectivity index (χ2v) is 12.4. The average Bonchev–Trinajstić information content (AvgIpc) is 3.10. The van der Waals surface area contributed by atoms with Gasteiger partial charge in [-0.05, 0) is 75.2 Å². The molecule has 0 saturated carbocycles. The molecule has 9 rings (SSSR count). The van der Waals surface area contributed by atoms with Crippen LogP contribution in [0.15, 0.2) is 157 Å². The first-order valence-corrected chi connectivity index (χ1v) is 16.3. The van der Waals surface area contributed by atoms with Crippen molar-refractivity contribution < 1.29 is 0 Å².